The minimum Gasteiger partial charge on any atom is -0.381 e. The van der Waals surface area contributed by atoms with E-state index in [-0.39, 0.29) is 17.8 Å². The Morgan fingerprint density at radius 2 is 1.86 bits per heavy atom. The van der Waals surface area contributed by atoms with E-state index in [4.69, 9.17) is 0 Å². The van der Waals surface area contributed by atoms with Gasteiger partial charge in [0.25, 0.3) is 5.91 Å². The predicted molar refractivity (Wildman–Crippen MR) is 87.4 cm³/mol. The van der Waals surface area contributed by atoms with E-state index in [0.717, 1.165) is 11.3 Å². The molecule has 2 rings (SSSR count). The van der Waals surface area contributed by atoms with Crippen molar-refractivity contribution >= 4 is 11.6 Å². The Labute approximate surface area is 130 Å². The number of benzene rings is 2. The van der Waals surface area contributed by atoms with Gasteiger partial charge >= 0.3 is 0 Å². The molecule has 0 atom stereocenters. The minimum absolute atomic E-state index is 0.000400. The minimum atomic E-state index is -0.243. The van der Waals surface area contributed by atoms with E-state index < -0.39 is 0 Å². The molecule has 116 valence electrons. The van der Waals surface area contributed by atoms with Crippen LogP contribution in [0.5, 0.6) is 0 Å². The van der Waals surface area contributed by atoms with E-state index in [0.29, 0.717) is 12.1 Å². The lowest BCUT2D eigenvalue weighted by Gasteiger charge is -2.21. The van der Waals surface area contributed by atoms with Crippen molar-refractivity contribution in [2.45, 2.75) is 26.4 Å². The summed E-state index contributed by atoms with van der Waals surface area (Å²) in [6, 6.07) is 13.9. The van der Waals surface area contributed by atoms with Crippen molar-refractivity contribution in [1.29, 1.82) is 0 Å². The molecule has 1 N–H and O–H groups in total. The number of nitrogens with zero attached hydrogens (tertiary/aromatic N) is 1. The number of hydrogen-bond donors (Lipinski definition) is 1. The molecule has 0 saturated carbocycles. The highest BCUT2D eigenvalue weighted by atomic mass is 19.1. The molecule has 0 unspecified atom stereocenters. The van der Waals surface area contributed by atoms with Gasteiger partial charge in [-0.1, -0.05) is 18.2 Å². The van der Waals surface area contributed by atoms with Gasteiger partial charge in [-0.3, -0.25) is 4.79 Å². The van der Waals surface area contributed by atoms with Crippen molar-refractivity contribution in [3.8, 4) is 0 Å². The van der Waals surface area contributed by atoms with E-state index in [9.17, 15) is 9.18 Å². The first-order valence-corrected chi connectivity index (χ1v) is 7.33. The largest absolute Gasteiger partial charge is 0.381 e. The second-order valence-electron chi connectivity index (χ2n) is 5.57. The topological polar surface area (TPSA) is 32.3 Å². The average Bonchev–Trinajstić information content (AvgIpc) is 2.53. The fourth-order valence-electron chi connectivity index (χ4n) is 2.01. The van der Waals surface area contributed by atoms with Crippen LogP contribution in [-0.4, -0.2) is 23.9 Å². The molecule has 0 aliphatic carbocycles. The number of hydrogen-bond acceptors (Lipinski definition) is 2. The third kappa shape index (κ3) is 4.07. The Balaban J connectivity index is 2.05. The van der Waals surface area contributed by atoms with Crippen LogP contribution in [0.4, 0.5) is 10.1 Å². The van der Waals surface area contributed by atoms with Gasteiger partial charge in [-0.05, 0) is 49.7 Å². The molecule has 0 aliphatic rings. The van der Waals surface area contributed by atoms with Crippen molar-refractivity contribution in [3.05, 3.63) is 65.5 Å². The Kier molecular flexibility index (Phi) is 5.15. The van der Waals surface area contributed by atoms with Crippen LogP contribution < -0.4 is 5.32 Å². The van der Waals surface area contributed by atoms with Gasteiger partial charge in [-0.25, -0.2) is 4.39 Å². The first-order valence-electron chi connectivity index (χ1n) is 7.33. The van der Waals surface area contributed by atoms with Crippen LogP contribution in [0.1, 0.15) is 29.8 Å². The Morgan fingerprint density at radius 1 is 1.18 bits per heavy atom. The van der Waals surface area contributed by atoms with Gasteiger partial charge in [0.15, 0.2) is 0 Å². The molecular weight excluding hydrogens is 279 g/mol. The summed E-state index contributed by atoms with van der Waals surface area (Å²) in [6.45, 7) is 4.54. The molecule has 0 fully saturated rings. The number of nitrogens with one attached hydrogen (secondary N) is 1. The molecule has 0 bridgehead atoms. The summed E-state index contributed by atoms with van der Waals surface area (Å²) in [5.74, 6) is -0.242. The highest BCUT2D eigenvalue weighted by Gasteiger charge is 2.14. The molecule has 3 nitrogen and oxygen atoms in total. The number of rotatable bonds is 5. The molecule has 2 aromatic rings. The fourth-order valence-corrected chi connectivity index (χ4v) is 2.01. The van der Waals surface area contributed by atoms with Crippen LogP contribution in [0.15, 0.2) is 48.5 Å². The van der Waals surface area contributed by atoms with Gasteiger partial charge in [0.2, 0.25) is 0 Å². The molecule has 0 aliphatic heterocycles. The highest BCUT2D eigenvalue weighted by molar-refractivity contribution is 5.95. The second-order valence-corrected chi connectivity index (χ2v) is 5.57. The second kappa shape index (κ2) is 7.07. The summed E-state index contributed by atoms with van der Waals surface area (Å²) in [5, 5.41) is 3.25. The zero-order valence-corrected chi connectivity index (χ0v) is 13.1. The van der Waals surface area contributed by atoms with Crippen LogP contribution in [0.25, 0.3) is 0 Å². The van der Waals surface area contributed by atoms with Crippen LogP contribution in [-0.2, 0) is 6.54 Å². The van der Waals surface area contributed by atoms with Crippen LogP contribution >= 0.6 is 0 Å². The molecule has 4 heteroatoms. The number of carbonyl (C=O) groups is 1. The maximum Gasteiger partial charge on any atom is 0.253 e. The highest BCUT2D eigenvalue weighted by Crippen LogP contribution is 2.15. The lowest BCUT2D eigenvalue weighted by molar-refractivity contribution is 0.0755. The SMILES string of the molecule is CC(C)N(C)C(=O)c1cccc(NCc2ccc(F)cc2)c1. The molecule has 1 amide bonds. The van der Waals surface area contributed by atoms with Gasteiger partial charge in [0.05, 0.1) is 0 Å². The summed E-state index contributed by atoms with van der Waals surface area (Å²) >= 11 is 0. The molecule has 0 spiro atoms. The zero-order chi connectivity index (χ0) is 16.1. The molecule has 0 heterocycles. The average molecular weight is 300 g/mol. The number of anilines is 1. The molecule has 0 aromatic heterocycles. The zero-order valence-electron chi connectivity index (χ0n) is 13.1. The standard InChI is InChI=1S/C18H21FN2O/c1-13(2)21(3)18(22)15-5-4-6-17(11-15)20-12-14-7-9-16(19)10-8-14/h4-11,13,20H,12H2,1-3H3. The quantitative estimate of drug-likeness (QED) is 0.907. The number of halogens is 1. The molecule has 0 saturated heterocycles. The van der Waals surface area contributed by atoms with Gasteiger partial charge in [0.1, 0.15) is 5.82 Å². The Morgan fingerprint density at radius 3 is 2.50 bits per heavy atom. The van der Waals surface area contributed by atoms with Crippen molar-refractivity contribution in [3.63, 3.8) is 0 Å². The van der Waals surface area contributed by atoms with Crippen molar-refractivity contribution in [2.75, 3.05) is 12.4 Å². The van der Waals surface area contributed by atoms with E-state index in [1.165, 1.54) is 12.1 Å². The summed E-state index contributed by atoms with van der Waals surface area (Å²) in [6.07, 6.45) is 0. The Hall–Kier alpha value is -2.36. The first-order chi connectivity index (χ1) is 10.5. The normalized spacial score (nSPS) is 10.6. The maximum absolute atomic E-state index is 12.9. The Bertz CT molecular complexity index is 638. The number of carbonyl (C=O) groups excluding carboxylic acids is 1. The lowest BCUT2D eigenvalue weighted by atomic mass is 10.1. The van der Waals surface area contributed by atoms with Crippen molar-refractivity contribution in [1.82, 2.24) is 4.90 Å². The van der Waals surface area contributed by atoms with Gasteiger partial charge in [0, 0.05) is 30.9 Å². The maximum atomic E-state index is 12.9. The monoisotopic (exact) mass is 300 g/mol. The molecule has 2 aromatic carbocycles. The summed E-state index contributed by atoms with van der Waals surface area (Å²) in [7, 11) is 1.80. The number of amides is 1. The van der Waals surface area contributed by atoms with Crippen LogP contribution in [0, 0.1) is 5.82 Å². The van der Waals surface area contributed by atoms with Crippen LogP contribution in [0.3, 0.4) is 0 Å². The van der Waals surface area contributed by atoms with E-state index in [2.05, 4.69) is 5.32 Å². The van der Waals surface area contributed by atoms with Crippen molar-refractivity contribution in [2.24, 2.45) is 0 Å². The lowest BCUT2D eigenvalue weighted by Crippen LogP contribution is -2.32. The summed E-state index contributed by atoms with van der Waals surface area (Å²) in [5.41, 5.74) is 2.50. The fraction of sp³-hybridized carbons (Fsp3) is 0.278. The summed E-state index contributed by atoms with van der Waals surface area (Å²) in [4.78, 5) is 14.0. The third-order valence-corrected chi connectivity index (χ3v) is 3.61. The molecule has 0 radical (unpaired) electrons. The first kappa shape index (κ1) is 16.0. The smallest absolute Gasteiger partial charge is 0.253 e. The third-order valence-electron chi connectivity index (χ3n) is 3.61. The summed E-state index contributed by atoms with van der Waals surface area (Å²) < 4.78 is 12.9. The van der Waals surface area contributed by atoms with Crippen LogP contribution in [0.2, 0.25) is 0 Å². The van der Waals surface area contributed by atoms with E-state index >= 15 is 0 Å². The van der Waals surface area contributed by atoms with E-state index in [1.807, 2.05) is 38.1 Å². The van der Waals surface area contributed by atoms with Gasteiger partial charge in [-0.15, -0.1) is 0 Å². The molecule has 22 heavy (non-hydrogen) atoms. The van der Waals surface area contributed by atoms with Gasteiger partial charge in [-0.2, -0.15) is 0 Å². The van der Waals surface area contributed by atoms with Crippen molar-refractivity contribution < 1.29 is 9.18 Å². The van der Waals surface area contributed by atoms with E-state index in [1.54, 1.807) is 24.1 Å². The van der Waals surface area contributed by atoms with Gasteiger partial charge < -0.3 is 10.2 Å². The molecular formula is C18H21FN2O. The predicted octanol–water partition coefficient (Wildman–Crippen LogP) is 3.92.